The van der Waals surface area contributed by atoms with Crippen molar-refractivity contribution < 1.29 is 5.11 Å². The summed E-state index contributed by atoms with van der Waals surface area (Å²) in [5.74, 6) is 0.806. The summed E-state index contributed by atoms with van der Waals surface area (Å²) in [4.78, 5) is 0. The first-order chi connectivity index (χ1) is 6.85. The van der Waals surface area contributed by atoms with E-state index in [2.05, 4.69) is 15.5 Å². The standard InChI is InChI=1S/C10H15N3O/c14-8-6-10(4-2-5-10)12-9-3-1-7-11-13-9/h1,3,7,14H,2,4-6,8H2,(H,12,13). The number of aliphatic hydroxyl groups is 1. The van der Waals surface area contributed by atoms with Crippen LogP contribution in [0.25, 0.3) is 0 Å². The molecule has 1 heterocycles. The van der Waals surface area contributed by atoms with E-state index in [1.165, 1.54) is 6.42 Å². The molecule has 0 bridgehead atoms. The molecule has 1 fully saturated rings. The minimum atomic E-state index is 0.0742. The fourth-order valence-electron chi connectivity index (χ4n) is 1.89. The lowest BCUT2D eigenvalue weighted by Crippen LogP contribution is -2.46. The van der Waals surface area contributed by atoms with Gasteiger partial charge in [0, 0.05) is 18.3 Å². The van der Waals surface area contributed by atoms with Crippen LogP contribution in [0.4, 0.5) is 5.82 Å². The Balaban J connectivity index is 2.01. The predicted molar refractivity (Wildman–Crippen MR) is 53.9 cm³/mol. The van der Waals surface area contributed by atoms with Crippen molar-refractivity contribution in [2.24, 2.45) is 0 Å². The second kappa shape index (κ2) is 3.92. The molecule has 1 saturated carbocycles. The lowest BCUT2D eigenvalue weighted by molar-refractivity contribution is 0.189. The number of hydrogen-bond donors (Lipinski definition) is 2. The third kappa shape index (κ3) is 1.85. The van der Waals surface area contributed by atoms with E-state index in [1.807, 2.05) is 12.1 Å². The highest BCUT2D eigenvalue weighted by molar-refractivity contribution is 5.36. The molecule has 0 aliphatic heterocycles. The Morgan fingerprint density at radius 2 is 2.36 bits per heavy atom. The Morgan fingerprint density at radius 1 is 1.50 bits per heavy atom. The molecule has 14 heavy (non-hydrogen) atoms. The van der Waals surface area contributed by atoms with Gasteiger partial charge in [-0.1, -0.05) is 0 Å². The lowest BCUT2D eigenvalue weighted by atomic mass is 9.74. The van der Waals surface area contributed by atoms with Crippen LogP contribution in [0.15, 0.2) is 18.3 Å². The van der Waals surface area contributed by atoms with Crippen molar-refractivity contribution in [3.8, 4) is 0 Å². The molecule has 4 nitrogen and oxygen atoms in total. The van der Waals surface area contributed by atoms with Crippen LogP contribution >= 0.6 is 0 Å². The van der Waals surface area contributed by atoms with E-state index < -0.39 is 0 Å². The van der Waals surface area contributed by atoms with Crippen molar-refractivity contribution in [1.29, 1.82) is 0 Å². The maximum absolute atomic E-state index is 8.97. The van der Waals surface area contributed by atoms with Crippen molar-refractivity contribution in [3.63, 3.8) is 0 Å². The van der Waals surface area contributed by atoms with Gasteiger partial charge in [-0.15, -0.1) is 5.10 Å². The van der Waals surface area contributed by atoms with E-state index in [9.17, 15) is 0 Å². The van der Waals surface area contributed by atoms with Gasteiger partial charge < -0.3 is 10.4 Å². The van der Waals surface area contributed by atoms with Gasteiger partial charge >= 0.3 is 0 Å². The molecule has 2 rings (SSSR count). The van der Waals surface area contributed by atoms with Crippen LogP contribution in [0.5, 0.6) is 0 Å². The quantitative estimate of drug-likeness (QED) is 0.754. The Morgan fingerprint density at radius 3 is 2.86 bits per heavy atom. The monoisotopic (exact) mass is 193 g/mol. The van der Waals surface area contributed by atoms with Gasteiger partial charge in [-0.05, 0) is 37.8 Å². The van der Waals surface area contributed by atoms with Crippen molar-refractivity contribution in [1.82, 2.24) is 10.2 Å². The second-order valence-electron chi connectivity index (χ2n) is 3.84. The molecular weight excluding hydrogens is 178 g/mol. The summed E-state index contributed by atoms with van der Waals surface area (Å²) in [6.07, 6.45) is 5.91. The number of rotatable bonds is 4. The fourth-order valence-corrected chi connectivity index (χ4v) is 1.89. The summed E-state index contributed by atoms with van der Waals surface area (Å²) in [6.45, 7) is 0.229. The fraction of sp³-hybridized carbons (Fsp3) is 0.600. The summed E-state index contributed by atoms with van der Waals surface area (Å²) < 4.78 is 0. The lowest BCUT2D eigenvalue weighted by Gasteiger charge is -2.42. The maximum Gasteiger partial charge on any atom is 0.149 e. The van der Waals surface area contributed by atoms with E-state index in [1.54, 1.807) is 6.20 Å². The summed E-state index contributed by atoms with van der Waals surface area (Å²) >= 11 is 0. The van der Waals surface area contributed by atoms with E-state index in [-0.39, 0.29) is 12.1 Å². The molecule has 0 saturated heterocycles. The second-order valence-corrected chi connectivity index (χ2v) is 3.84. The molecule has 1 aromatic heterocycles. The molecule has 2 N–H and O–H groups in total. The first kappa shape index (κ1) is 9.40. The van der Waals surface area contributed by atoms with Crippen LogP contribution in [-0.2, 0) is 0 Å². The summed E-state index contributed by atoms with van der Waals surface area (Å²) in [7, 11) is 0. The largest absolute Gasteiger partial charge is 0.396 e. The van der Waals surface area contributed by atoms with Gasteiger partial charge in [0.25, 0.3) is 0 Å². The summed E-state index contributed by atoms with van der Waals surface area (Å²) in [5.41, 5.74) is 0.0742. The Bertz CT molecular complexity index is 285. The molecule has 1 aromatic rings. The zero-order valence-corrected chi connectivity index (χ0v) is 8.11. The Hall–Kier alpha value is -1.16. The van der Waals surface area contributed by atoms with Crippen LogP contribution in [0.2, 0.25) is 0 Å². The first-order valence-corrected chi connectivity index (χ1v) is 5.01. The third-order valence-corrected chi connectivity index (χ3v) is 2.87. The highest BCUT2D eigenvalue weighted by atomic mass is 16.3. The average molecular weight is 193 g/mol. The van der Waals surface area contributed by atoms with Gasteiger partial charge in [0.05, 0.1) is 0 Å². The van der Waals surface area contributed by atoms with Gasteiger partial charge in [0.15, 0.2) is 0 Å². The molecule has 0 aromatic carbocycles. The highest BCUT2D eigenvalue weighted by Crippen LogP contribution is 2.37. The Kier molecular flexibility index (Phi) is 2.63. The number of anilines is 1. The Labute approximate surface area is 83.4 Å². The molecule has 0 spiro atoms. The molecule has 1 aliphatic carbocycles. The normalized spacial score (nSPS) is 18.6. The average Bonchev–Trinajstić information content (AvgIpc) is 2.16. The smallest absolute Gasteiger partial charge is 0.149 e. The van der Waals surface area contributed by atoms with Crippen LogP contribution in [0.1, 0.15) is 25.7 Å². The zero-order chi connectivity index (χ0) is 9.86. The minimum absolute atomic E-state index is 0.0742. The van der Waals surface area contributed by atoms with Crippen molar-refractivity contribution in [2.45, 2.75) is 31.2 Å². The molecule has 0 unspecified atom stereocenters. The SMILES string of the molecule is OCCC1(Nc2cccnn2)CCC1. The molecule has 1 aliphatic rings. The van der Waals surface area contributed by atoms with E-state index in [0.717, 1.165) is 25.1 Å². The maximum atomic E-state index is 8.97. The van der Waals surface area contributed by atoms with Gasteiger partial charge in [-0.2, -0.15) is 5.10 Å². The number of aliphatic hydroxyl groups excluding tert-OH is 1. The van der Waals surface area contributed by atoms with Gasteiger partial charge in [-0.3, -0.25) is 0 Å². The van der Waals surface area contributed by atoms with Crippen LogP contribution in [-0.4, -0.2) is 27.4 Å². The highest BCUT2D eigenvalue weighted by Gasteiger charge is 2.36. The van der Waals surface area contributed by atoms with Crippen LogP contribution in [0, 0.1) is 0 Å². The summed E-state index contributed by atoms with van der Waals surface area (Å²) in [6, 6.07) is 3.77. The number of nitrogens with zero attached hydrogens (tertiary/aromatic N) is 2. The van der Waals surface area contributed by atoms with Crippen molar-refractivity contribution in [3.05, 3.63) is 18.3 Å². The summed E-state index contributed by atoms with van der Waals surface area (Å²) in [5, 5.41) is 20.1. The van der Waals surface area contributed by atoms with E-state index in [4.69, 9.17) is 5.11 Å². The molecule has 0 amide bonds. The number of hydrogen-bond acceptors (Lipinski definition) is 4. The van der Waals surface area contributed by atoms with Crippen molar-refractivity contribution in [2.75, 3.05) is 11.9 Å². The van der Waals surface area contributed by atoms with Gasteiger partial charge in [-0.25, -0.2) is 0 Å². The third-order valence-electron chi connectivity index (χ3n) is 2.87. The number of aromatic nitrogens is 2. The topological polar surface area (TPSA) is 58.0 Å². The van der Waals surface area contributed by atoms with Gasteiger partial charge in [0.2, 0.25) is 0 Å². The van der Waals surface area contributed by atoms with Crippen LogP contribution < -0.4 is 5.32 Å². The molecule has 0 atom stereocenters. The minimum Gasteiger partial charge on any atom is -0.396 e. The van der Waals surface area contributed by atoms with Gasteiger partial charge in [0.1, 0.15) is 5.82 Å². The predicted octanol–water partition coefficient (Wildman–Crippen LogP) is 1.19. The van der Waals surface area contributed by atoms with Crippen LogP contribution in [0.3, 0.4) is 0 Å². The number of nitrogens with one attached hydrogen (secondary N) is 1. The van der Waals surface area contributed by atoms with E-state index >= 15 is 0 Å². The first-order valence-electron chi connectivity index (χ1n) is 5.01. The molecule has 0 radical (unpaired) electrons. The molecule has 4 heteroatoms. The molecule has 76 valence electrons. The molecular formula is C10H15N3O. The van der Waals surface area contributed by atoms with Crippen molar-refractivity contribution >= 4 is 5.82 Å². The van der Waals surface area contributed by atoms with E-state index in [0.29, 0.717) is 0 Å². The zero-order valence-electron chi connectivity index (χ0n) is 8.11.